The number of anilines is 2. The minimum atomic E-state index is 0.436. The van der Waals surface area contributed by atoms with Crippen molar-refractivity contribution in [3.8, 4) is 0 Å². The Labute approximate surface area is 167 Å². The second-order valence-corrected chi connectivity index (χ2v) is 7.84. The van der Waals surface area contributed by atoms with Crippen molar-refractivity contribution < 1.29 is 0 Å². The predicted molar refractivity (Wildman–Crippen MR) is 117 cm³/mol. The van der Waals surface area contributed by atoms with E-state index in [4.69, 9.17) is 9.97 Å². The average Bonchev–Trinajstić information content (AvgIpc) is 2.73. The average molecular weight is 376 g/mol. The number of nitrogens with zero attached hydrogens (tertiary/aromatic N) is 3. The van der Waals surface area contributed by atoms with E-state index in [9.17, 15) is 0 Å². The lowest BCUT2D eigenvalue weighted by Gasteiger charge is -2.30. The monoisotopic (exact) mass is 375 g/mol. The van der Waals surface area contributed by atoms with Crippen molar-refractivity contribution in [2.45, 2.75) is 44.3 Å². The smallest absolute Gasteiger partial charge is 0.225 e. The van der Waals surface area contributed by atoms with Crippen molar-refractivity contribution in [2.75, 3.05) is 24.3 Å². The minimum Gasteiger partial charge on any atom is -0.362 e. The first-order valence-electron chi connectivity index (χ1n) is 10.2. The molecule has 1 aliphatic carbocycles. The van der Waals surface area contributed by atoms with E-state index in [1.54, 1.807) is 0 Å². The molecule has 0 atom stereocenters. The third-order valence-corrected chi connectivity index (χ3v) is 5.50. The maximum Gasteiger partial charge on any atom is 0.225 e. The summed E-state index contributed by atoms with van der Waals surface area (Å²) in [6, 6.07) is 19.9. The third-order valence-electron chi connectivity index (χ3n) is 5.50. The standard InChI is InChI=1S/C23H29N5/c1-28(2)22-20-10-6-7-11-21(20)26-23(27-22)25-19-14-12-18(13-15-19)24-16-17-8-4-3-5-9-17/h3-11,18-19,24H,12-16H2,1-2H3,(H,25,26,27)/t18-,19+. The lowest BCUT2D eigenvalue weighted by molar-refractivity contribution is 0.352. The maximum atomic E-state index is 4.78. The summed E-state index contributed by atoms with van der Waals surface area (Å²) >= 11 is 0. The Morgan fingerprint density at radius 1 is 0.857 bits per heavy atom. The molecule has 3 aromatic rings. The summed E-state index contributed by atoms with van der Waals surface area (Å²) in [7, 11) is 4.06. The normalized spacial score (nSPS) is 19.5. The van der Waals surface area contributed by atoms with Gasteiger partial charge in [-0.2, -0.15) is 4.98 Å². The molecule has 4 rings (SSSR count). The zero-order valence-electron chi connectivity index (χ0n) is 16.7. The fourth-order valence-corrected chi connectivity index (χ4v) is 3.95. The fourth-order valence-electron chi connectivity index (χ4n) is 3.95. The van der Waals surface area contributed by atoms with Crippen LogP contribution in [0.25, 0.3) is 10.9 Å². The molecule has 0 radical (unpaired) electrons. The number of aromatic nitrogens is 2. The first kappa shape index (κ1) is 18.7. The van der Waals surface area contributed by atoms with Crippen molar-refractivity contribution in [1.29, 1.82) is 0 Å². The van der Waals surface area contributed by atoms with E-state index in [0.29, 0.717) is 12.1 Å². The van der Waals surface area contributed by atoms with Crippen LogP contribution in [0, 0.1) is 0 Å². The number of fused-ring (bicyclic) bond motifs is 1. The second kappa shape index (κ2) is 8.57. The van der Waals surface area contributed by atoms with Crippen LogP contribution in [-0.4, -0.2) is 36.1 Å². The van der Waals surface area contributed by atoms with Gasteiger partial charge in [0, 0.05) is 38.1 Å². The number of hydrogen-bond acceptors (Lipinski definition) is 5. The van der Waals surface area contributed by atoms with Crippen LogP contribution in [0.15, 0.2) is 54.6 Å². The molecule has 5 heteroatoms. The zero-order chi connectivity index (χ0) is 19.3. The Morgan fingerprint density at radius 3 is 2.29 bits per heavy atom. The molecule has 0 amide bonds. The van der Waals surface area contributed by atoms with Crippen LogP contribution in [0.1, 0.15) is 31.2 Å². The van der Waals surface area contributed by atoms with Crippen LogP contribution >= 0.6 is 0 Å². The lowest BCUT2D eigenvalue weighted by Crippen LogP contribution is -2.37. The molecule has 0 saturated heterocycles. The molecule has 0 unspecified atom stereocenters. The summed E-state index contributed by atoms with van der Waals surface area (Å²) in [4.78, 5) is 11.6. The van der Waals surface area contributed by atoms with E-state index in [-0.39, 0.29) is 0 Å². The first-order valence-corrected chi connectivity index (χ1v) is 10.2. The number of para-hydroxylation sites is 1. The van der Waals surface area contributed by atoms with Gasteiger partial charge in [-0.1, -0.05) is 42.5 Å². The van der Waals surface area contributed by atoms with Crippen molar-refractivity contribution in [2.24, 2.45) is 0 Å². The Hall–Kier alpha value is -2.66. The Balaban J connectivity index is 1.36. The molecule has 1 aromatic heterocycles. The van der Waals surface area contributed by atoms with Crippen LogP contribution in [0.2, 0.25) is 0 Å². The summed E-state index contributed by atoms with van der Waals surface area (Å²) in [5, 5.41) is 8.38. The molecule has 1 aliphatic rings. The molecule has 2 N–H and O–H groups in total. The van der Waals surface area contributed by atoms with E-state index in [0.717, 1.165) is 42.1 Å². The summed E-state index contributed by atoms with van der Waals surface area (Å²) in [5.41, 5.74) is 2.34. The molecule has 1 heterocycles. The summed E-state index contributed by atoms with van der Waals surface area (Å²) < 4.78 is 0. The van der Waals surface area contributed by atoms with Crippen molar-refractivity contribution in [1.82, 2.24) is 15.3 Å². The maximum absolute atomic E-state index is 4.78. The number of benzene rings is 2. The van der Waals surface area contributed by atoms with E-state index in [1.807, 2.05) is 26.2 Å². The molecule has 1 saturated carbocycles. The SMILES string of the molecule is CN(C)c1nc(N[C@H]2CC[C@@H](NCc3ccccc3)CC2)nc2ccccc12. The molecule has 0 bridgehead atoms. The van der Waals surface area contributed by atoms with Crippen molar-refractivity contribution in [3.05, 3.63) is 60.2 Å². The molecule has 0 aliphatic heterocycles. The third kappa shape index (κ3) is 4.42. The molecule has 5 nitrogen and oxygen atoms in total. The van der Waals surface area contributed by atoms with E-state index >= 15 is 0 Å². The van der Waals surface area contributed by atoms with Gasteiger partial charge in [0.1, 0.15) is 5.82 Å². The van der Waals surface area contributed by atoms with Crippen LogP contribution in [-0.2, 0) is 6.54 Å². The molecule has 2 aromatic carbocycles. The van der Waals surface area contributed by atoms with Crippen LogP contribution < -0.4 is 15.5 Å². The van der Waals surface area contributed by atoms with Crippen molar-refractivity contribution >= 4 is 22.7 Å². The Kier molecular flexibility index (Phi) is 5.72. The molecule has 146 valence electrons. The number of rotatable bonds is 6. The van der Waals surface area contributed by atoms with E-state index in [1.165, 1.54) is 18.4 Å². The molecule has 1 fully saturated rings. The molecule has 0 spiro atoms. The van der Waals surface area contributed by atoms with Gasteiger partial charge in [0.15, 0.2) is 0 Å². The van der Waals surface area contributed by atoms with Gasteiger partial charge in [0.2, 0.25) is 5.95 Å². The van der Waals surface area contributed by atoms with Gasteiger partial charge in [0.25, 0.3) is 0 Å². The van der Waals surface area contributed by atoms with Gasteiger partial charge in [0.05, 0.1) is 5.52 Å². The van der Waals surface area contributed by atoms with Crippen LogP contribution in [0.4, 0.5) is 11.8 Å². The topological polar surface area (TPSA) is 53.1 Å². The van der Waals surface area contributed by atoms with Gasteiger partial charge in [-0.05, 0) is 43.4 Å². The molecule has 28 heavy (non-hydrogen) atoms. The van der Waals surface area contributed by atoms with Crippen LogP contribution in [0.3, 0.4) is 0 Å². The number of nitrogens with one attached hydrogen (secondary N) is 2. The van der Waals surface area contributed by atoms with Gasteiger partial charge in [-0.25, -0.2) is 4.98 Å². The lowest BCUT2D eigenvalue weighted by atomic mass is 9.91. The van der Waals surface area contributed by atoms with E-state index < -0.39 is 0 Å². The predicted octanol–water partition coefficient (Wildman–Crippen LogP) is 4.21. The van der Waals surface area contributed by atoms with Gasteiger partial charge >= 0.3 is 0 Å². The quantitative estimate of drug-likeness (QED) is 0.676. The Morgan fingerprint density at radius 2 is 1.54 bits per heavy atom. The second-order valence-electron chi connectivity index (χ2n) is 7.84. The minimum absolute atomic E-state index is 0.436. The highest BCUT2D eigenvalue weighted by Gasteiger charge is 2.22. The van der Waals surface area contributed by atoms with Crippen molar-refractivity contribution in [3.63, 3.8) is 0 Å². The molecular formula is C23H29N5. The highest BCUT2D eigenvalue weighted by atomic mass is 15.2. The summed E-state index contributed by atoms with van der Waals surface area (Å²) in [5.74, 6) is 1.70. The number of hydrogen-bond donors (Lipinski definition) is 2. The fraction of sp³-hybridized carbons (Fsp3) is 0.391. The first-order chi connectivity index (χ1) is 13.7. The Bertz CT molecular complexity index is 901. The highest BCUT2D eigenvalue weighted by Crippen LogP contribution is 2.26. The van der Waals surface area contributed by atoms with Gasteiger partial charge in [-0.15, -0.1) is 0 Å². The largest absolute Gasteiger partial charge is 0.362 e. The molecular weight excluding hydrogens is 346 g/mol. The summed E-state index contributed by atoms with van der Waals surface area (Å²) in [6.45, 7) is 0.948. The zero-order valence-corrected chi connectivity index (χ0v) is 16.7. The van der Waals surface area contributed by atoms with Gasteiger partial charge in [-0.3, -0.25) is 0 Å². The van der Waals surface area contributed by atoms with Gasteiger partial charge < -0.3 is 15.5 Å². The van der Waals surface area contributed by atoms with Crippen LogP contribution in [0.5, 0.6) is 0 Å². The summed E-state index contributed by atoms with van der Waals surface area (Å²) in [6.07, 6.45) is 4.64. The highest BCUT2D eigenvalue weighted by molar-refractivity contribution is 5.90. The van der Waals surface area contributed by atoms with E-state index in [2.05, 4.69) is 58.0 Å².